The van der Waals surface area contributed by atoms with E-state index in [1.807, 2.05) is 24.3 Å². The minimum Gasteiger partial charge on any atom is -0.484 e. The predicted molar refractivity (Wildman–Crippen MR) is 120 cm³/mol. The number of para-hydroxylation sites is 1. The van der Waals surface area contributed by atoms with E-state index in [4.69, 9.17) is 9.47 Å². The van der Waals surface area contributed by atoms with E-state index in [1.165, 1.54) is 24.1 Å². The van der Waals surface area contributed by atoms with Crippen molar-refractivity contribution in [3.63, 3.8) is 0 Å². The van der Waals surface area contributed by atoms with E-state index in [2.05, 4.69) is 26.1 Å². The van der Waals surface area contributed by atoms with E-state index in [0.29, 0.717) is 5.70 Å². The van der Waals surface area contributed by atoms with Gasteiger partial charge in [0.2, 0.25) is 0 Å². The van der Waals surface area contributed by atoms with Crippen LogP contribution in [0.15, 0.2) is 59.8 Å². The zero-order chi connectivity index (χ0) is 23.5. The number of amides is 2. The Kier molecular flexibility index (Phi) is 6.87. The number of carbonyl (C=O) groups excluding carboxylic acids is 2. The molecular formula is C25H29FN2O4. The molecule has 0 fully saturated rings. The van der Waals surface area contributed by atoms with Crippen molar-refractivity contribution in [2.75, 3.05) is 20.3 Å². The first-order valence-corrected chi connectivity index (χ1v) is 10.6. The van der Waals surface area contributed by atoms with Gasteiger partial charge in [-0.15, -0.1) is 0 Å². The number of benzene rings is 2. The molecule has 2 amide bonds. The summed E-state index contributed by atoms with van der Waals surface area (Å²) in [7, 11) is 1.54. The number of halogens is 1. The van der Waals surface area contributed by atoms with Crippen LogP contribution < -0.4 is 10.1 Å². The average molecular weight is 441 g/mol. The Labute approximate surface area is 188 Å². The quantitative estimate of drug-likeness (QED) is 0.661. The largest absolute Gasteiger partial charge is 0.484 e. The fourth-order valence-corrected chi connectivity index (χ4v) is 3.51. The van der Waals surface area contributed by atoms with Crippen molar-refractivity contribution < 1.29 is 23.5 Å². The Morgan fingerprint density at radius 3 is 2.38 bits per heavy atom. The molecule has 6 nitrogen and oxygen atoms in total. The summed E-state index contributed by atoms with van der Waals surface area (Å²) in [5.41, 5.74) is 2.41. The van der Waals surface area contributed by atoms with Gasteiger partial charge < -0.3 is 14.8 Å². The molecule has 1 aliphatic rings. The van der Waals surface area contributed by atoms with Crippen molar-refractivity contribution in [3.05, 3.63) is 76.7 Å². The predicted octanol–water partition coefficient (Wildman–Crippen LogP) is 4.72. The molecule has 2 aromatic carbocycles. The van der Waals surface area contributed by atoms with Crippen LogP contribution >= 0.6 is 0 Å². The number of ether oxygens (including phenoxy) is 2. The van der Waals surface area contributed by atoms with Crippen LogP contribution in [0.1, 0.15) is 44.9 Å². The second-order valence-electron chi connectivity index (χ2n) is 8.61. The minimum absolute atomic E-state index is 0.0346. The van der Waals surface area contributed by atoms with E-state index in [0.717, 1.165) is 11.1 Å². The molecule has 0 aromatic heterocycles. The summed E-state index contributed by atoms with van der Waals surface area (Å²) in [6, 6.07) is 12.6. The van der Waals surface area contributed by atoms with Crippen LogP contribution in [0.25, 0.3) is 0 Å². The first-order valence-electron chi connectivity index (χ1n) is 10.6. The number of hydrogen-bond acceptors (Lipinski definition) is 4. The number of nitrogens with zero attached hydrogens (tertiary/aromatic N) is 1. The Balaban J connectivity index is 2.04. The van der Waals surface area contributed by atoms with Gasteiger partial charge in [0.25, 0.3) is 0 Å². The van der Waals surface area contributed by atoms with Gasteiger partial charge in [-0.05, 0) is 35.6 Å². The van der Waals surface area contributed by atoms with Gasteiger partial charge in [0.1, 0.15) is 6.61 Å². The number of nitrogens with one attached hydrogen (secondary N) is 1. The second-order valence-corrected chi connectivity index (χ2v) is 8.61. The Morgan fingerprint density at radius 2 is 1.78 bits per heavy atom. The molecule has 1 heterocycles. The van der Waals surface area contributed by atoms with Gasteiger partial charge in [-0.3, -0.25) is 4.90 Å². The van der Waals surface area contributed by atoms with E-state index in [1.54, 1.807) is 19.1 Å². The van der Waals surface area contributed by atoms with E-state index in [-0.39, 0.29) is 30.0 Å². The van der Waals surface area contributed by atoms with Gasteiger partial charge >= 0.3 is 12.0 Å². The second kappa shape index (κ2) is 9.42. The standard InChI is InChI=1S/C25H29FN2O4/c1-6-31-23(29)21-19(15-32-20-10-8-7-9-18(20)26)28(5)24(30)27-22(21)16-11-13-17(14-12-16)25(2,3)4/h7-14,22H,6,15H2,1-5H3,(H,27,30). The van der Waals surface area contributed by atoms with Gasteiger partial charge in [0, 0.05) is 7.05 Å². The number of carbonyl (C=O) groups is 2. The third kappa shape index (κ3) is 4.93. The average Bonchev–Trinajstić information content (AvgIpc) is 2.75. The van der Waals surface area contributed by atoms with Gasteiger partial charge in [-0.25, -0.2) is 14.0 Å². The van der Waals surface area contributed by atoms with Crippen molar-refractivity contribution >= 4 is 12.0 Å². The summed E-state index contributed by atoms with van der Waals surface area (Å²) in [5, 5.41) is 2.87. The van der Waals surface area contributed by atoms with Crippen molar-refractivity contribution in [2.45, 2.75) is 39.2 Å². The summed E-state index contributed by atoms with van der Waals surface area (Å²) in [5.74, 6) is -1.05. The molecular weight excluding hydrogens is 411 g/mol. The lowest BCUT2D eigenvalue weighted by Crippen LogP contribution is -2.48. The highest BCUT2D eigenvalue weighted by molar-refractivity contribution is 5.95. The molecule has 0 spiro atoms. The van der Waals surface area contributed by atoms with E-state index in [9.17, 15) is 14.0 Å². The molecule has 1 unspecified atom stereocenters. The summed E-state index contributed by atoms with van der Waals surface area (Å²) < 4.78 is 25.0. The molecule has 7 heteroatoms. The molecule has 0 saturated heterocycles. The van der Waals surface area contributed by atoms with Crippen LogP contribution in [0.5, 0.6) is 5.75 Å². The maximum atomic E-state index is 14.0. The Morgan fingerprint density at radius 1 is 1.12 bits per heavy atom. The maximum absolute atomic E-state index is 14.0. The molecule has 2 aromatic rings. The first kappa shape index (κ1) is 23.3. The number of urea groups is 1. The molecule has 170 valence electrons. The molecule has 1 N–H and O–H groups in total. The molecule has 0 radical (unpaired) electrons. The highest BCUT2D eigenvalue weighted by Crippen LogP contribution is 2.33. The summed E-state index contributed by atoms with van der Waals surface area (Å²) >= 11 is 0. The Hall–Kier alpha value is -3.35. The number of hydrogen-bond donors (Lipinski definition) is 1. The molecule has 0 bridgehead atoms. The molecule has 3 rings (SSSR count). The lowest BCUT2D eigenvalue weighted by Gasteiger charge is -2.34. The van der Waals surface area contributed by atoms with Crippen molar-refractivity contribution in [2.24, 2.45) is 0 Å². The minimum atomic E-state index is -0.717. The lowest BCUT2D eigenvalue weighted by atomic mass is 9.85. The van der Waals surface area contributed by atoms with Crippen molar-refractivity contribution in [1.82, 2.24) is 10.2 Å². The third-order valence-electron chi connectivity index (χ3n) is 5.38. The van der Waals surface area contributed by atoms with Crippen LogP contribution in [0, 0.1) is 5.82 Å². The molecule has 32 heavy (non-hydrogen) atoms. The maximum Gasteiger partial charge on any atom is 0.338 e. The highest BCUT2D eigenvalue weighted by atomic mass is 19.1. The van der Waals surface area contributed by atoms with Gasteiger partial charge in [0.15, 0.2) is 11.6 Å². The van der Waals surface area contributed by atoms with Crippen LogP contribution in [0.3, 0.4) is 0 Å². The van der Waals surface area contributed by atoms with Crippen molar-refractivity contribution in [3.8, 4) is 5.75 Å². The lowest BCUT2D eigenvalue weighted by molar-refractivity contribution is -0.139. The third-order valence-corrected chi connectivity index (χ3v) is 5.38. The number of rotatable bonds is 6. The fourth-order valence-electron chi connectivity index (χ4n) is 3.51. The summed E-state index contributed by atoms with van der Waals surface area (Å²) in [4.78, 5) is 27.0. The van der Waals surface area contributed by atoms with Crippen LogP contribution in [0.2, 0.25) is 0 Å². The molecule has 1 atom stereocenters. The molecule has 0 saturated carbocycles. The summed E-state index contributed by atoms with van der Waals surface area (Å²) in [6.45, 7) is 8.06. The smallest absolute Gasteiger partial charge is 0.338 e. The van der Waals surface area contributed by atoms with Crippen LogP contribution in [-0.4, -0.2) is 37.2 Å². The topological polar surface area (TPSA) is 67.9 Å². The number of likely N-dealkylation sites (N-methyl/N-ethyl adjacent to an activating group) is 1. The first-order chi connectivity index (χ1) is 15.1. The summed E-state index contributed by atoms with van der Waals surface area (Å²) in [6.07, 6.45) is 0. The SMILES string of the molecule is CCOC(=O)C1=C(COc2ccccc2F)N(C)C(=O)NC1c1ccc(C(C)(C)C)cc1. The van der Waals surface area contributed by atoms with Crippen LogP contribution in [-0.2, 0) is 14.9 Å². The van der Waals surface area contributed by atoms with Gasteiger partial charge in [0.05, 0.1) is 23.9 Å². The van der Waals surface area contributed by atoms with E-state index >= 15 is 0 Å². The monoisotopic (exact) mass is 440 g/mol. The van der Waals surface area contributed by atoms with E-state index < -0.39 is 23.9 Å². The van der Waals surface area contributed by atoms with Gasteiger partial charge in [-0.2, -0.15) is 0 Å². The van der Waals surface area contributed by atoms with Crippen molar-refractivity contribution in [1.29, 1.82) is 0 Å². The normalized spacial score (nSPS) is 16.6. The zero-order valence-electron chi connectivity index (χ0n) is 19.1. The number of esters is 1. The van der Waals surface area contributed by atoms with Gasteiger partial charge in [-0.1, -0.05) is 57.2 Å². The fraction of sp³-hybridized carbons (Fsp3) is 0.360. The zero-order valence-corrected chi connectivity index (χ0v) is 19.1. The highest BCUT2D eigenvalue weighted by Gasteiger charge is 2.37. The Bertz CT molecular complexity index is 1020. The van der Waals surface area contributed by atoms with Crippen LogP contribution in [0.4, 0.5) is 9.18 Å². The molecule has 0 aliphatic carbocycles. The molecule has 1 aliphatic heterocycles.